The van der Waals surface area contributed by atoms with Crippen LogP contribution in [0.2, 0.25) is 0 Å². The van der Waals surface area contributed by atoms with Crippen LogP contribution in [0.3, 0.4) is 0 Å². The Bertz CT molecular complexity index is 215. The number of hydrogen-bond donors (Lipinski definition) is 1. The molecule has 1 N–H and O–H groups in total. The molecular formula is C16H34N2. The van der Waals surface area contributed by atoms with E-state index in [1.807, 2.05) is 0 Å². The lowest BCUT2D eigenvalue weighted by Gasteiger charge is -2.43. The van der Waals surface area contributed by atoms with Gasteiger partial charge in [0.1, 0.15) is 0 Å². The fourth-order valence-electron chi connectivity index (χ4n) is 3.16. The van der Waals surface area contributed by atoms with Crippen molar-refractivity contribution in [1.29, 1.82) is 0 Å². The third-order valence-electron chi connectivity index (χ3n) is 4.32. The summed E-state index contributed by atoms with van der Waals surface area (Å²) in [6.07, 6.45) is 5.34. The van der Waals surface area contributed by atoms with E-state index >= 15 is 0 Å². The molecule has 0 aromatic heterocycles. The Labute approximate surface area is 115 Å². The van der Waals surface area contributed by atoms with E-state index in [0.717, 1.165) is 17.9 Å². The molecule has 1 rings (SSSR count). The first-order chi connectivity index (χ1) is 8.58. The van der Waals surface area contributed by atoms with Gasteiger partial charge < -0.3 is 5.32 Å². The van der Waals surface area contributed by atoms with Gasteiger partial charge in [0.2, 0.25) is 0 Å². The van der Waals surface area contributed by atoms with Crippen LogP contribution in [0.15, 0.2) is 0 Å². The molecule has 2 heteroatoms. The Balaban J connectivity index is 2.54. The Morgan fingerprint density at radius 3 is 2.44 bits per heavy atom. The minimum absolute atomic E-state index is 0.687. The van der Waals surface area contributed by atoms with Gasteiger partial charge in [-0.1, -0.05) is 47.5 Å². The SMILES string of the molecule is CCCC(C)CN1CC(C(C)C)NCC1CCC. The zero-order chi connectivity index (χ0) is 13.5. The summed E-state index contributed by atoms with van der Waals surface area (Å²) >= 11 is 0. The standard InChI is InChI=1S/C16H34N2/c1-6-8-14(5)11-18-12-16(13(3)4)17-10-15(18)9-7-2/h13-17H,6-12H2,1-5H3. The van der Waals surface area contributed by atoms with Crippen molar-refractivity contribution in [3.8, 4) is 0 Å². The molecule has 1 heterocycles. The maximum atomic E-state index is 3.75. The van der Waals surface area contributed by atoms with Crippen molar-refractivity contribution in [2.24, 2.45) is 11.8 Å². The highest BCUT2D eigenvalue weighted by atomic mass is 15.2. The summed E-state index contributed by atoms with van der Waals surface area (Å²) in [5.74, 6) is 1.59. The fraction of sp³-hybridized carbons (Fsp3) is 1.00. The Hall–Kier alpha value is -0.0800. The lowest BCUT2D eigenvalue weighted by atomic mass is 9.95. The quantitative estimate of drug-likeness (QED) is 0.748. The van der Waals surface area contributed by atoms with E-state index in [9.17, 15) is 0 Å². The molecule has 108 valence electrons. The van der Waals surface area contributed by atoms with Gasteiger partial charge in [-0.2, -0.15) is 0 Å². The van der Waals surface area contributed by atoms with Crippen molar-refractivity contribution in [2.45, 2.75) is 72.4 Å². The van der Waals surface area contributed by atoms with Gasteiger partial charge in [-0.25, -0.2) is 0 Å². The molecule has 1 fully saturated rings. The highest BCUT2D eigenvalue weighted by molar-refractivity contribution is 4.87. The van der Waals surface area contributed by atoms with Crippen molar-refractivity contribution in [2.75, 3.05) is 19.6 Å². The Kier molecular flexibility index (Phi) is 7.25. The molecule has 0 aromatic carbocycles. The van der Waals surface area contributed by atoms with Crippen LogP contribution in [0, 0.1) is 11.8 Å². The van der Waals surface area contributed by atoms with Crippen LogP contribution < -0.4 is 5.32 Å². The van der Waals surface area contributed by atoms with E-state index in [2.05, 4.69) is 44.8 Å². The minimum atomic E-state index is 0.687. The van der Waals surface area contributed by atoms with Crippen LogP contribution >= 0.6 is 0 Å². The smallest absolute Gasteiger partial charge is 0.0221 e. The highest BCUT2D eigenvalue weighted by Crippen LogP contribution is 2.19. The minimum Gasteiger partial charge on any atom is -0.311 e. The molecule has 18 heavy (non-hydrogen) atoms. The maximum Gasteiger partial charge on any atom is 0.0221 e. The summed E-state index contributed by atoms with van der Waals surface area (Å²) in [5, 5.41) is 3.75. The van der Waals surface area contributed by atoms with Gasteiger partial charge in [0.25, 0.3) is 0 Å². The van der Waals surface area contributed by atoms with Crippen molar-refractivity contribution in [3.63, 3.8) is 0 Å². The Morgan fingerprint density at radius 2 is 1.89 bits per heavy atom. The van der Waals surface area contributed by atoms with E-state index in [0.29, 0.717) is 6.04 Å². The molecule has 0 bridgehead atoms. The third kappa shape index (κ3) is 4.89. The van der Waals surface area contributed by atoms with Crippen LogP contribution in [0.25, 0.3) is 0 Å². The molecular weight excluding hydrogens is 220 g/mol. The molecule has 0 amide bonds. The van der Waals surface area contributed by atoms with E-state index in [4.69, 9.17) is 0 Å². The molecule has 1 aliphatic heterocycles. The van der Waals surface area contributed by atoms with Gasteiger partial charge in [0, 0.05) is 31.7 Å². The van der Waals surface area contributed by atoms with E-state index in [1.54, 1.807) is 0 Å². The fourth-order valence-corrected chi connectivity index (χ4v) is 3.16. The number of rotatable bonds is 7. The molecule has 1 aliphatic rings. The average molecular weight is 254 g/mol. The first-order valence-electron chi connectivity index (χ1n) is 8.05. The number of hydrogen-bond acceptors (Lipinski definition) is 2. The molecule has 1 saturated heterocycles. The van der Waals surface area contributed by atoms with Gasteiger partial charge in [-0.05, 0) is 24.7 Å². The van der Waals surface area contributed by atoms with Gasteiger partial charge >= 0.3 is 0 Å². The number of nitrogens with one attached hydrogen (secondary N) is 1. The maximum absolute atomic E-state index is 3.75. The summed E-state index contributed by atoms with van der Waals surface area (Å²) in [5.41, 5.74) is 0. The summed E-state index contributed by atoms with van der Waals surface area (Å²) in [7, 11) is 0. The second kappa shape index (κ2) is 8.16. The van der Waals surface area contributed by atoms with Crippen molar-refractivity contribution in [1.82, 2.24) is 10.2 Å². The van der Waals surface area contributed by atoms with Crippen LogP contribution in [0.5, 0.6) is 0 Å². The zero-order valence-electron chi connectivity index (χ0n) is 13.2. The topological polar surface area (TPSA) is 15.3 Å². The zero-order valence-corrected chi connectivity index (χ0v) is 13.2. The van der Waals surface area contributed by atoms with Crippen LogP contribution in [0.1, 0.15) is 60.3 Å². The molecule has 0 radical (unpaired) electrons. The molecule has 0 aliphatic carbocycles. The average Bonchev–Trinajstić information content (AvgIpc) is 2.31. The molecule has 2 nitrogen and oxygen atoms in total. The van der Waals surface area contributed by atoms with Crippen molar-refractivity contribution in [3.05, 3.63) is 0 Å². The van der Waals surface area contributed by atoms with Crippen molar-refractivity contribution < 1.29 is 0 Å². The summed E-state index contributed by atoms with van der Waals surface area (Å²) in [6.45, 7) is 15.4. The monoisotopic (exact) mass is 254 g/mol. The van der Waals surface area contributed by atoms with Gasteiger partial charge in [0.05, 0.1) is 0 Å². The van der Waals surface area contributed by atoms with E-state index in [-0.39, 0.29) is 0 Å². The summed E-state index contributed by atoms with van der Waals surface area (Å²) < 4.78 is 0. The highest BCUT2D eigenvalue weighted by Gasteiger charge is 2.29. The Morgan fingerprint density at radius 1 is 1.17 bits per heavy atom. The number of piperazine rings is 1. The molecule has 0 aromatic rings. The lowest BCUT2D eigenvalue weighted by molar-refractivity contribution is 0.0907. The largest absolute Gasteiger partial charge is 0.311 e. The second-order valence-electron chi connectivity index (χ2n) is 6.55. The summed E-state index contributed by atoms with van der Waals surface area (Å²) in [4.78, 5) is 2.77. The van der Waals surface area contributed by atoms with Gasteiger partial charge in [0.15, 0.2) is 0 Å². The normalized spacial score (nSPS) is 27.7. The van der Waals surface area contributed by atoms with E-state index < -0.39 is 0 Å². The predicted molar refractivity (Wildman–Crippen MR) is 81.0 cm³/mol. The first kappa shape index (κ1) is 16.0. The van der Waals surface area contributed by atoms with Crippen LogP contribution in [-0.4, -0.2) is 36.6 Å². The van der Waals surface area contributed by atoms with Gasteiger partial charge in [-0.15, -0.1) is 0 Å². The van der Waals surface area contributed by atoms with Crippen LogP contribution in [0.4, 0.5) is 0 Å². The van der Waals surface area contributed by atoms with Gasteiger partial charge in [-0.3, -0.25) is 4.90 Å². The van der Waals surface area contributed by atoms with Crippen molar-refractivity contribution >= 4 is 0 Å². The first-order valence-corrected chi connectivity index (χ1v) is 8.05. The predicted octanol–water partition coefficient (Wildman–Crippen LogP) is 3.52. The third-order valence-corrected chi connectivity index (χ3v) is 4.32. The van der Waals surface area contributed by atoms with E-state index in [1.165, 1.54) is 45.3 Å². The molecule has 0 spiro atoms. The van der Waals surface area contributed by atoms with Crippen LogP contribution in [-0.2, 0) is 0 Å². The molecule has 3 unspecified atom stereocenters. The molecule has 3 atom stereocenters. The number of nitrogens with zero attached hydrogens (tertiary/aromatic N) is 1. The summed E-state index contributed by atoms with van der Waals surface area (Å²) in [6, 6.07) is 1.45. The molecule has 0 saturated carbocycles. The second-order valence-corrected chi connectivity index (χ2v) is 6.55. The lowest BCUT2D eigenvalue weighted by Crippen LogP contribution is -2.58.